The van der Waals surface area contributed by atoms with Crippen LogP contribution >= 0.6 is 23.4 Å². The number of pyridine rings is 1. The number of carbonyl (C=O) groups is 2. The zero-order chi connectivity index (χ0) is 16.8. The SMILES string of the molecule is COc1ccc(Cl)cc1NCC(=O)Sc1cc(C(=O)O)ccn1. The van der Waals surface area contributed by atoms with Crippen LogP contribution in [0.2, 0.25) is 5.02 Å². The predicted molar refractivity (Wildman–Crippen MR) is 88.6 cm³/mol. The number of carbonyl (C=O) groups excluding carboxylic acids is 1. The molecule has 1 heterocycles. The van der Waals surface area contributed by atoms with Crippen molar-refractivity contribution in [1.82, 2.24) is 4.98 Å². The average Bonchev–Trinajstić information content (AvgIpc) is 2.53. The molecule has 2 rings (SSSR count). The van der Waals surface area contributed by atoms with E-state index in [1.165, 1.54) is 25.4 Å². The summed E-state index contributed by atoms with van der Waals surface area (Å²) in [6.45, 7) is 0.0142. The zero-order valence-corrected chi connectivity index (χ0v) is 13.6. The van der Waals surface area contributed by atoms with Gasteiger partial charge in [0.05, 0.1) is 24.9 Å². The number of halogens is 1. The van der Waals surface area contributed by atoms with Gasteiger partial charge in [-0.2, -0.15) is 0 Å². The van der Waals surface area contributed by atoms with Crippen molar-refractivity contribution in [2.45, 2.75) is 5.03 Å². The summed E-state index contributed by atoms with van der Waals surface area (Å²) in [4.78, 5) is 26.9. The van der Waals surface area contributed by atoms with Crippen molar-refractivity contribution in [3.8, 4) is 5.75 Å². The van der Waals surface area contributed by atoms with Crippen molar-refractivity contribution in [3.63, 3.8) is 0 Å². The van der Waals surface area contributed by atoms with Crippen LogP contribution in [0.5, 0.6) is 5.75 Å². The van der Waals surface area contributed by atoms with Crippen LogP contribution in [-0.2, 0) is 4.79 Å². The highest BCUT2D eigenvalue weighted by Crippen LogP contribution is 2.28. The monoisotopic (exact) mass is 352 g/mol. The Morgan fingerprint density at radius 3 is 2.83 bits per heavy atom. The number of aromatic nitrogens is 1. The second kappa shape index (κ2) is 7.85. The van der Waals surface area contributed by atoms with Gasteiger partial charge in [-0.25, -0.2) is 9.78 Å². The van der Waals surface area contributed by atoms with Gasteiger partial charge in [0.25, 0.3) is 0 Å². The fraction of sp³-hybridized carbons (Fsp3) is 0.133. The Kier molecular flexibility index (Phi) is 5.84. The molecule has 1 aromatic carbocycles. The molecule has 0 aliphatic heterocycles. The highest BCUT2D eigenvalue weighted by atomic mass is 35.5. The van der Waals surface area contributed by atoms with Crippen LogP contribution in [0.15, 0.2) is 41.6 Å². The van der Waals surface area contributed by atoms with Gasteiger partial charge in [-0.05, 0) is 42.1 Å². The molecule has 0 aliphatic rings. The van der Waals surface area contributed by atoms with Crippen molar-refractivity contribution in [2.24, 2.45) is 0 Å². The summed E-state index contributed by atoms with van der Waals surface area (Å²) < 4.78 is 5.18. The van der Waals surface area contributed by atoms with Crippen LogP contribution < -0.4 is 10.1 Å². The number of carboxylic acids is 1. The lowest BCUT2D eigenvalue weighted by molar-refractivity contribution is -0.109. The summed E-state index contributed by atoms with van der Waals surface area (Å²) in [7, 11) is 1.52. The number of nitrogens with one attached hydrogen (secondary N) is 1. The fourth-order valence-electron chi connectivity index (χ4n) is 1.74. The normalized spacial score (nSPS) is 10.2. The van der Waals surface area contributed by atoms with E-state index in [4.69, 9.17) is 21.4 Å². The lowest BCUT2D eigenvalue weighted by Crippen LogP contribution is -2.11. The van der Waals surface area contributed by atoms with Crippen LogP contribution in [0.4, 0.5) is 5.69 Å². The van der Waals surface area contributed by atoms with Crippen molar-refractivity contribution in [3.05, 3.63) is 47.1 Å². The number of anilines is 1. The Balaban J connectivity index is 1.99. The summed E-state index contributed by atoms with van der Waals surface area (Å²) >= 11 is 6.78. The van der Waals surface area contributed by atoms with Gasteiger partial charge in [-0.15, -0.1) is 0 Å². The molecular weight excluding hydrogens is 340 g/mol. The molecule has 23 heavy (non-hydrogen) atoms. The second-order valence-electron chi connectivity index (χ2n) is 4.36. The highest BCUT2D eigenvalue weighted by molar-refractivity contribution is 8.13. The lowest BCUT2D eigenvalue weighted by atomic mass is 10.3. The number of benzene rings is 1. The number of rotatable bonds is 6. The molecule has 0 unspecified atom stereocenters. The van der Waals surface area contributed by atoms with Gasteiger partial charge in [-0.3, -0.25) is 4.79 Å². The van der Waals surface area contributed by atoms with E-state index in [9.17, 15) is 9.59 Å². The molecule has 2 aromatic rings. The molecule has 120 valence electrons. The minimum absolute atomic E-state index is 0.0142. The first-order valence-electron chi connectivity index (χ1n) is 6.47. The Morgan fingerprint density at radius 2 is 2.13 bits per heavy atom. The smallest absolute Gasteiger partial charge is 0.335 e. The van der Waals surface area contributed by atoms with Gasteiger partial charge >= 0.3 is 5.97 Å². The van der Waals surface area contributed by atoms with E-state index in [1.54, 1.807) is 18.2 Å². The van der Waals surface area contributed by atoms with Gasteiger partial charge in [-0.1, -0.05) is 11.6 Å². The molecule has 0 spiro atoms. The molecule has 0 fully saturated rings. The number of hydrogen-bond acceptors (Lipinski definition) is 6. The average molecular weight is 353 g/mol. The standard InChI is InChI=1S/C15H13ClN2O4S/c1-22-12-3-2-10(16)7-11(12)18-8-14(19)23-13-6-9(15(20)21)4-5-17-13/h2-7,18H,8H2,1H3,(H,20,21). The minimum atomic E-state index is -1.07. The topological polar surface area (TPSA) is 88.5 Å². The van der Waals surface area contributed by atoms with Crippen LogP contribution in [0.3, 0.4) is 0 Å². The summed E-state index contributed by atoms with van der Waals surface area (Å²) in [5.41, 5.74) is 0.681. The maximum absolute atomic E-state index is 12.0. The molecule has 0 radical (unpaired) electrons. The largest absolute Gasteiger partial charge is 0.495 e. The fourth-order valence-corrected chi connectivity index (χ4v) is 2.59. The lowest BCUT2D eigenvalue weighted by Gasteiger charge is -2.10. The maximum atomic E-state index is 12.0. The van der Waals surface area contributed by atoms with E-state index in [2.05, 4.69) is 10.3 Å². The number of thioether (sulfide) groups is 1. The summed E-state index contributed by atoms with van der Waals surface area (Å²) in [6, 6.07) is 7.75. The van der Waals surface area contributed by atoms with Crippen molar-refractivity contribution >= 4 is 40.1 Å². The highest BCUT2D eigenvalue weighted by Gasteiger charge is 2.11. The minimum Gasteiger partial charge on any atom is -0.495 e. The Bertz CT molecular complexity index is 739. The Labute approximate surface area is 141 Å². The summed E-state index contributed by atoms with van der Waals surface area (Å²) in [5.74, 6) is -0.498. The van der Waals surface area contributed by atoms with Crippen molar-refractivity contribution < 1.29 is 19.4 Å². The van der Waals surface area contributed by atoms with Crippen molar-refractivity contribution in [1.29, 1.82) is 0 Å². The van der Waals surface area contributed by atoms with Crippen LogP contribution in [0, 0.1) is 0 Å². The van der Waals surface area contributed by atoms with E-state index >= 15 is 0 Å². The van der Waals surface area contributed by atoms with Gasteiger partial charge < -0.3 is 15.2 Å². The third-order valence-electron chi connectivity index (χ3n) is 2.78. The molecule has 0 saturated carbocycles. The molecule has 6 nitrogen and oxygen atoms in total. The first-order chi connectivity index (χ1) is 11.0. The number of methoxy groups -OCH3 is 1. The quantitative estimate of drug-likeness (QED) is 0.772. The molecule has 0 aliphatic carbocycles. The summed E-state index contributed by atoms with van der Waals surface area (Å²) in [5, 5.41) is 12.5. The molecule has 0 amide bonds. The van der Waals surface area contributed by atoms with Gasteiger partial charge in [0.15, 0.2) is 0 Å². The molecule has 8 heteroatoms. The summed E-state index contributed by atoms with van der Waals surface area (Å²) in [6.07, 6.45) is 1.35. The molecule has 0 saturated heterocycles. The number of nitrogens with zero attached hydrogens (tertiary/aromatic N) is 1. The predicted octanol–water partition coefficient (Wildman–Crippen LogP) is 3.17. The third-order valence-corrected chi connectivity index (χ3v) is 3.82. The number of aromatic carboxylic acids is 1. The Morgan fingerprint density at radius 1 is 1.35 bits per heavy atom. The second-order valence-corrected chi connectivity index (χ2v) is 5.87. The van der Waals surface area contributed by atoms with Gasteiger partial charge in [0.2, 0.25) is 5.12 Å². The molecule has 1 aromatic heterocycles. The van der Waals surface area contributed by atoms with Crippen molar-refractivity contribution in [2.75, 3.05) is 19.0 Å². The number of ether oxygens (including phenoxy) is 1. The first kappa shape index (κ1) is 17.1. The molecule has 0 bridgehead atoms. The van der Waals surface area contributed by atoms with Crippen LogP contribution in [0.1, 0.15) is 10.4 Å². The van der Waals surface area contributed by atoms with E-state index in [1.807, 2.05) is 0 Å². The van der Waals surface area contributed by atoms with E-state index in [-0.39, 0.29) is 17.2 Å². The third kappa shape index (κ3) is 4.87. The number of hydrogen-bond donors (Lipinski definition) is 2. The molecule has 2 N–H and O–H groups in total. The number of carboxylic acid groups (broad SMARTS) is 1. The van der Waals surface area contributed by atoms with E-state index < -0.39 is 5.97 Å². The molecular formula is C15H13ClN2O4S. The maximum Gasteiger partial charge on any atom is 0.335 e. The van der Waals surface area contributed by atoms with Gasteiger partial charge in [0.1, 0.15) is 10.8 Å². The van der Waals surface area contributed by atoms with Crippen LogP contribution in [0.25, 0.3) is 0 Å². The van der Waals surface area contributed by atoms with E-state index in [0.29, 0.717) is 21.5 Å². The first-order valence-corrected chi connectivity index (χ1v) is 7.66. The van der Waals surface area contributed by atoms with Crippen LogP contribution in [-0.4, -0.2) is 34.8 Å². The van der Waals surface area contributed by atoms with Gasteiger partial charge in [0, 0.05) is 11.2 Å². The molecule has 0 atom stereocenters. The Hall–Kier alpha value is -2.25. The zero-order valence-electron chi connectivity index (χ0n) is 12.1. The van der Waals surface area contributed by atoms with E-state index in [0.717, 1.165) is 11.8 Å².